The molecule has 0 aliphatic carbocycles. The maximum atomic E-state index is 13.3. The van der Waals surface area contributed by atoms with E-state index in [1.807, 2.05) is 0 Å². The summed E-state index contributed by atoms with van der Waals surface area (Å²) >= 11 is 0. The summed E-state index contributed by atoms with van der Waals surface area (Å²) in [4.78, 5) is 118. The minimum Gasteiger partial charge on any atom is -0.428 e. The number of nitrogens with zero attached hydrogens (tertiary/aromatic N) is 2. The van der Waals surface area contributed by atoms with Crippen LogP contribution in [0, 0.1) is 11.3 Å². The van der Waals surface area contributed by atoms with E-state index in [9.17, 15) is 43.2 Å². The summed E-state index contributed by atoms with van der Waals surface area (Å²) in [7, 11) is 0. The molecule has 1 atom stereocenters. The van der Waals surface area contributed by atoms with Gasteiger partial charge in [0.05, 0.1) is 0 Å². The molecule has 2 saturated heterocycles. The molecule has 2 aliphatic heterocycles. The number of benzene rings is 2. The maximum Gasteiger partial charge on any atom is 0.534 e. The smallest absolute Gasteiger partial charge is 0.428 e. The number of carbonyl (C=O) groups excluding carboxylic acids is 9. The van der Waals surface area contributed by atoms with Crippen molar-refractivity contribution >= 4 is 54.0 Å². The third-order valence-electron chi connectivity index (χ3n) is 10.2. The number of hydroxylamine groups is 4. The zero-order valence-electron chi connectivity index (χ0n) is 35.2. The van der Waals surface area contributed by atoms with E-state index in [4.69, 9.17) is 18.9 Å². The largest absolute Gasteiger partial charge is 0.534 e. The van der Waals surface area contributed by atoms with Crippen molar-refractivity contribution in [3.8, 4) is 11.5 Å². The summed E-state index contributed by atoms with van der Waals surface area (Å²) in [5.74, 6) is -2.10. The number of hydrogen-bond acceptors (Lipinski definition) is 15. The minimum atomic E-state index is -1.23. The summed E-state index contributed by atoms with van der Waals surface area (Å²) in [5.41, 5.74) is 1.16. The highest BCUT2D eigenvalue weighted by Gasteiger charge is 2.34. The van der Waals surface area contributed by atoms with Crippen LogP contribution in [-0.2, 0) is 56.3 Å². The number of hydrogen-bond donors (Lipinski definition) is 3. The quantitative estimate of drug-likeness (QED) is 0.0795. The van der Waals surface area contributed by atoms with Gasteiger partial charge in [0.1, 0.15) is 30.8 Å². The molecule has 336 valence electrons. The van der Waals surface area contributed by atoms with Crippen LogP contribution in [0.1, 0.15) is 103 Å². The van der Waals surface area contributed by atoms with Gasteiger partial charge in [0.25, 0.3) is 23.6 Å². The van der Waals surface area contributed by atoms with Crippen molar-refractivity contribution in [3.63, 3.8) is 0 Å². The van der Waals surface area contributed by atoms with E-state index in [1.165, 1.54) is 48.5 Å². The van der Waals surface area contributed by atoms with Crippen molar-refractivity contribution in [1.82, 2.24) is 26.1 Å². The maximum absolute atomic E-state index is 13.3. The summed E-state index contributed by atoms with van der Waals surface area (Å²) in [6, 6.07) is 11.0. The molecule has 0 radical (unpaired) electrons. The summed E-state index contributed by atoms with van der Waals surface area (Å²) in [6.45, 7) is 8.91. The van der Waals surface area contributed by atoms with Crippen LogP contribution in [-0.4, -0.2) is 83.3 Å². The molecule has 4 rings (SSSR count). The van der Waals surface area contributed by atoms with Crippen molar-refractivity contribution < 1.29 is 71.8 Å². The van der Waals surface area contributed by atoms with Crippen molar-refractivity contribution in [2.24, 2.45) is 11.3 Å². The lowest BCUT2D eigenvalue weighted by atomic mass is 9.77. The molecule has 0 aromatic heterocycles. The molecule has 0 saturated carbocycles. The summed E-state index contributed by atoms with van der Waals surface area (Å²) in [5, 5.41) is 8.89. The number of amides is 7. The molecule has 3 N–H and O–H groups in total. The molecular formula is C42H53N5O15. The first-order valence-electron chi connectivity index (χ1n) is 20.3. The van der Waals surface area contributed by atoms with Crippen molar-refractivity contribution in [2.45, 2.75) is 111 Å². The Morgan fingerprint density at radius 3 is 1.52 bits per heavy atom. The number of carbonyl (C=O) groups is 9. The van der Waals surface area contributed by atoms with Gasteiger partial charge in [0, 0.05) is 38.8 Å². The normalized spacial score (nSPS) is 14.3. The van der Waals surface area contributed by atoms with Crippen LogP contribution in [0.15, 0.2) is 48.5 Å². The monoisotopic (exact) mass is 867 g/mol. The average Bonchev–Trinajstić information content (AvgIpc) is 3.72. The molecule has 1 unspecified atom stereocenters. The molecule has 2 heterocycles. The average molecular weight is 868 g/mol. The van der Waals surface area contributed by atoms with Gasteiger partial charge in [-0.05, 0) is 78.8 Å². The van der Waals surface area contributed by atoms with Crippen LogP contribution in [0.3, 0.4) is 0 Å². The van der Waals surface area contributed by atoms with Gasteiger partial charge in [0.15, 0.2) is 0 Å². The Hall–Kier alpha value is -6.73. The van der Waals surface area contributed by atoms with Gasteiger partial charge in [-0.1, -0.05) is 68.5 Å². The number of ether oxygens (including phenoxy) is 4. The third-order valence-corrected chi connectivity index (χ3v) is 10.2. The number of nitrogens with one attached hydrogen (secondary N) is 3. The van der Waals surface area contributed by atoms with Gasteiger partial charge in [0.2, 0.25) is 5.91 Å². The van der Waals surface area contributed by atoms with Gasteiger partial charge < -0.3 is 34.9 Å². The van der Waals surface area contributed by atoms with Gasteiger partial charge in [-0.15, -0.1) is 0 Å². The second-order valence-electron chi connectivity index (χ2n) is 15.5. The molecule has 62 heavy (non-hydrogen) atoms. The molecule has 0 spiro atoms. The lowest BCUT2D eigenvalue weighted by molar-refractivity contribution is -0.178. The predicted octanol–water partition coefficient (Wildman–Crippen LogP) is 5.51. The van der Waals surface area contributed by atoms with Crippen molar-refractivity contribution in [2.75, 3.05) is 13.1 Å². The fourth-order valence-corrected chi connectivity index (χ4v) is 5.79. The predicted molar refractivity (Wildman–Crippen MR) is 214 cm³/mol. The summed E-state index contributed by atoms with van der Waals surface area (Å²) < 4.78 is 20.6. The van der Waals surface area contributed by atoms with Gasteiger partial charge in [-0.25, -0.2) is 19.2 Å². The second kappa shape index (κ2) is 23.3. The van der Waals surface area contributed by atoms with Crippen molar-refractivity contribution in [1.29, 1.82) is 0 Å². The first kappa shape index (κ1) is 47.9. The molecule has 7 amide bonds. The fourth-order valence-electron chi connectivity index (χ4n) is 5.79. The van der Waals surface area contributed by atoms with Crippen LogP contribution in [0.4, 0.5) is 19.2 Å². The van der Waals surface area contributed by atoms with E-state index in [0.29, 0.717) is 46.6 Å². The Bertz CT molecular complexity index is 1900. The molecule has 0 bridgehead atoms. The number of imide groups is 2. The SMILES string of the molecule is CC(C)C(C)(C)CCCCNC(=O)C(CCCCNC(=O)Oc1ccc(COC(=O)ON2C(=O)CCC2=O)cc1)NC(=O)Oc1ccc(COC(=O)ON2C(=O)CCC2=O)cc1. The van der Waals surface area contributed by atoms with E-state index in [1.54, 1.807) is 0 Å². The lowest BCUT2D eigenvalue weighted by Gasteiger charge is -2.29. The van der Waals surface area contributed by atoms with E-state index in [-0.39, 0.29) is 68.8 Å². The van der Waals surface area contributed by atoms with E-state index >= 15 is 0 Å². The standard InChI is InChI=1S/C42H53N5O15/c1-27(2)42(3,4)22-6-8-23-43-37(52)32(45-39(54)60-31-16-12-29(13-17-31)26-58-41(56)62-47-35(50)20-21-36(47)51)9-5-7-24-44-38(53)59-30-14-10-28(11-15-30)25-57-40(55)61-46-33(48)18-19-34(46)49/h10-17,27,32H,5-9,18-26H2,1-4H3,(H,43,52)(H,44,53)(H,45,54). The first-order chi connectivity index (χ1) is 29.5. The van der Waals surface area contributed by atoms with Gasteiger partial charge in [-0.2, -0.15) is 0 Å². The minimum absolute atomic E-state index is 0.0460. The van der Waals surface area contributed by atoms with Crippen LogP contribution < -0.4 is 25.4 Å². The zero-order chi connectivity index (χ0) is 45.2. The molecular weight excluding hydrogens is 814 g/mol. The second-order valence-corrected chi connectivity index (χ2v) is 15.5. The highest BCUT2D eigenvalue weighted by Crippen LogP contribution is 2.31. The van der Waals surface area contributed by atoms with Crippen LogP contribution in [0.5, 0.6) is 11.5 Å². The Morgan fingerprint density at radius 1 is 0.613 bits per heavy atom. The Labute approximate surface area is 358 Å². The van der Waals surface area contributed by atoms with E-state index in [0.717, 1.165) is 19.3 Å². The summed E-state index contributed by atoms with van der Waals surface area (Å²) in [6.07, 6.45) is -0.532. The van der Waals surface area contributed by atoms with Crippen LogP contribution in [0.2, 0.25) is 0 Å². The van der Waals surface area contributed by atoms with Gasteiger partial charge in [-0.3, -0.25) is 33.6 Å². The Morgan fingerprint density at radius 2 is 1.05 bits per heavy atom. The van der Waals surface area contributed by atoms with E-state index in [2.05, 4.69) is 53.3 Å². The topological polar surface area (TPSA) is 252 Å². The highest BCUT2D eigenvalue weighted by atomic mass is 16.8. The molecule has 2 aliphatic rings. The molecule has 20 heteroatoms. The molecule has 2 aromatic carbocycles. The van der Waals surface area contributed by atoms with Crippen LogP contribution in [0.25, 0.3) is 0 Å². The highest BCUT2D eigenvalue weighted by molar-refractivity contribution is 6.02. The number of rotatable bonds is 21. The van der Waals surface area contributed by atoms with Crippen molar-refractivity contribution in [3.05, 3.63) is 59.7 Å². The molecule has 2 aromatic rings. The zero-order valence-corrected chi connectivity index (χ0v) is 35.2. The number of unbranched alkanes of at least 4 members (excludes halogenated alkanes) is 2. The fraction of sp³-hybridized carbons (Fsp3) is 0.500. The third kappa shape index (κ3) is 15.7. The van der Waals surface area contributed by atoms with Gasteiger partial charge >= 0.3 is 24.5 Å². The first-order valence-corrected chi connectivity index (χ1v) is 20.3. The molecule has 2 fully saturated rings. The molecule has 20 nitrogen and oxygen atoms in total. The Balaban J connectivity index is 1.19. The Kier molecular flexibility index (Phi) is 18.0. The lowest BCUT2D eigenvalue weighted by Crippen LogP contribution is -2.48. The van der Waals surface area contributed by atoms with Crippen LogP contribution >= 0.6 is 0 Å². The van der Waals surface area contributed by atoms with E-state index < -0.39 is 60.1 Å².